The van der Waals surface area contributed by atoms with Crippen molar-refractivity contribution in [3.8, 4) is 5.75 Å². The molecule has 3 rings (SSSR count). The van der Waals surface area contributed by atoms with Gasteiger partial charge in [0.25, 0.3) is 5.91 Å². The molecule has 0 unspecified atom stereocenters. The van der Waals surface area contributed by atoms with E-state index < -0.39 is 6.10 Å². The molecule has 0 fully saturated rings. The second-order valence-electron chi connectivity index (χ2n) is 5.16. The molecule has 1 heterocycles. The van der Waals surface area contributed by atoms with Crippen molar-refractivity contribution in [1.82, 2.24) is 9.97 Å². The number of carbonyl (C=O) groups excluding carboxylic acids is 1. The van der Waals surface area contributed by atoms with Crippen LogP contribution in [0.1, 0.15) is 6.92 Å². The molecule has 24 heavy (non-hydrogen) atoms. The third-order valence-corrected chi connectivity index (χ3v) is 4.21. The van der Waals surface area contributed by atoms with Crippen LogP contribution < -0.4 is 15.7 Å². The molecule has 1 amide bonds. The number of benzene rings is 2. The zero-order valence-electron chi connectivity index (χ0n) is 12.5. The van der Waals surface area contributed by atoms with Gasteiger partial charge in [0.05, 0.1) is 15.5 Å². The smallest absolute Gasteiger partial charge is 0.323 e. The van der Waals surface area contributed by atoms with Gasteiger partial charge in [0.15, 0.2) is 6.10 Å². The number of hydrogen-bond acceptors (Lipinski definition) is 3. The molecule has 0 aliphatic carbocycles. The molecule has 0 bridgehead atoms. The number of aromatic amines is 2. The van der Waals surface area contributed by atoms with Gasteiger partial charge in [0, 0.05) is 10.7 Å². The van der Waals surface area contributed by atoms with Gasteiger partial charge < -0.3 is 20.0 Å². The van der Waals surface area contributed by atoms with Crippen LogP contribution >= 0.6 is 27.5 Å². The molecule has 124 valence electrons. The maximum absolute atomic E-state index is 12.3. The van der Waals surface area contributed by atoms with E-state index >= 15 is 0 Å². The second-order valence-corrected chi connectivity index (χ2v) is 6.45. The summed E-state index contributed by atoms with van der Waals surface area (Å²) >= 11 is 9.22. The summed E-state index contributed by atoms with van der Waals surface area (Å²) in [6, 6.07) is 10.2. The Labute approximate surface area is 150 Å². The molecule has 0 spiro atoms. The van der Waals surface area contributed by atoms with E-state index in [0.717, 1.165) is 0 Å². The van der Waals surface area contributed by atoms with E-state index in [2.05, 4.69) is 31.2 Å². The summed E-state index contributed by atoms with van der Waals surface area (Å²) in [6.07, 6.45) is -0.719. The molecule has 0 aliphatic rings. The molecule has 6 nitrogen and oxygen atoms in total. The Kier molecular flexibility index (Phi) is 4.64. The highest BCUT2D eigenvalue weighted by Crippen LogP contribution is 2.29. The maximum atomic E-state index is 12.3. The predicted molar refractivity (Wildman–Crippen MR) is 96.8 cm³/mol. The van der Waals surface area contributed by atoms with Crippen molar-refractivity contribution in [2.75, 3.05) is 5.32 Å². The topological polar surface area (TPSA) is 87.0 Å². The highest BCUT2D eigenvalue weighted by atomic mass is 79.9. The average Bonchev–Trinajstić information content (AvgIpc) is 2.89. The number of aromatic nitrogens is 2. The molecule has 2 aromatic carbocycles. The Morgan fingerprint density at radius 2 is 1.96 bits per heavy atom. The van der Waals surface area contributed by atoms with E-state index in [4.69, 9.17) is 16.3 Å². The van der Waals surface area contributed by atoms with E-state index in [9.17, 15) is 9.59 Å². The maximum Gasteiger partial charge on any atom is 0.323 e. The number of rotatable bonds is 4. The molecular weight excluding hydrogens is 398 g/mol. The van der Waals surface area contributed by atoms with Gasteiger partial charge in [-0.1, -0.05) is 11.6 Å². The monoisotopic (exact) mass is 409 g/mol. The van der Waals surface area contributed by atoms with Gasteiger partial charge in [-0.2, -0.15) is 0 Å². The number of ether oxygens (including phenoxy) is 1. The number of nitrogens with one attached hydrogen (secondary N) is 3. The number of halogens is 2. The largest absolute Gasteiger partial charge is 0.480 e. The highest BCUT2D eigenvalue weighted by molar-refractivity contribution is 9.10. The number of hydrogen-bond donors (Lipinski definition) is 3. The average molecular weight is 411 g/mol. The van der Waals surface area contributed by atoms with Crippen molar-refractivity contribution in [3.63, 3.8) is 0 Å². The van der Waals surface area contributed by atoms with Gasteiger partial charge >= 0.3 is 5.69 Å². The van der Waals surface area contributed by atoms with Crippen molar-refractivity contribution >= 4 is 50.2 Å². The van der Waals surface area contributed by atoms with Crippen LogP contribution in [0, 0.1) is 0 Å². The first-order chi connectivity index (χ1) is 11.4. The fourth-order valence-corrected chi connectivity index (χ4v) is 2.95. The van der Waals surface area contributed by atoms with Crippen molar-refractivity contribution in [2.45, 2.75) is 13.0 Å². The zero-order valence-corrected chi connectivity index (χ0v) is 14.9. The molecule has 0 aliphatic heterocycles. The van der Waals surface area contributed by atoms with E-state index in [-0.39, 0.29) is 11.6 Å². The SMILES string of the molecule is C[C@H](Oc1ccc(Cl)cc1Br)C(=O)Nc1ccc2[nH]c(=O)[nH]c2c1. The lowest BCUT2D eigenvalue weighted by Gasteiger charge is -2.16. The molecule has 3 N–H and O–H groups in total. The Morgan fingerprint density at radius 3 is 2.71 bits per heavy atom. The number of H-pyrrole nitrogens is 2. The fourth-order valence-electron chi connectivity index (χ4n) is 2.17. The Balaban J connectivity index is 1.71. The molecular formula is C16H13BrClN3O3. The fraction of sp³-hybridized carbons (Fsp3) is 0.125. The summed E-state index contributed by atoms with van der Waals surface area (Å²) in [4.78, 5) is 28.8. The summed E-state index contributed by atoms with van der Waals surface area (Å²) in [5.41, 5.74) is 1.56. The van der Waals surface area contributed by atoms with Crippen molar-refractivity contribution < 1.29 is 9.53 Å². The Morgan fingerprint density at radius 1 is 1.21 bits per heavy atom. The summed E-state index contributed by atoms with van der Waals surface area (Å²) in [6.45, 7) is 1.65. The third-order valence-electron chi connectivity index (χ3n) is 3.35. The lowest BCUT2D eigenvalue weighted by atomic mass is 10.2. The lowest BCUT2D eigenvalue weighted by molar-refractivity contribution is -0.122. The minimum absolute atomic E-state index is 0.294. The first-order valence-corrected chi connectivity index (χ1v) is 8.24. The number of carbonyl (C=O) groups is 1. The summed E-state index contributed by atoms with van der Waals surface area (Å²) in [5.74, 6) is 0.210. The summed E-state index contributed by atoms with van der Waals surface area (Å²) in [5, 5.41) is 3.32. The minimum Gasteiger partial charge on any atom is -0.480 e. The molecule has 0 radical (unpaired) electrons. The van der Waals surface area contributed by atoms with Crippen molar-refractivity contribution in [2.24, 2.45) is 0 Å². The lowest BCUT2D eigenvalue weighted by Crippen LogP contribution is -2.30. The molecule has 0 saturated heterocycles. The van der Waals surface area contributed by atoms with Crippen LogP contribution in [-0.4, -0.2) is 22.0 Å². The van der Waals surface area contributed by atoms with Crippen LogP contribution in [0.15, 0.2) is 45.7 Å². The first-order valence-electron chi connectivity index (χ1n) is 7.07. The van der Waals surface area contributed by atoms with E-state index in [1.165, 1.54) is 0 Å². The van der Waals surface area contributed by atoms with Gasteiger partial charge in [-0.15, -0.1) is 0 Å². The zero-order chi connectivity index (χ0) is 17.3. The third kappa shape index (κ3) is 3.63. The highest BCUT2D eigenvalue weighted by Gasteiger charge is 2.16. The second kappa shape index (κ2) is 6.70. The van der Waals surface area contributed by atoms with E-state index in [0.29, 0.717) is 32.0 Å². The van der Waals surface area contributed by atoms with Gasteiger partial charge in [0.1, 0.15) is 5.75 Å². The Hall–Kier alpha value is -2.25. The normalized spacial score (nSPS) is 12.1. The Bertz CT molecular complexity index is 967. The van der Waals surface area contributed by atoms with Crippen LogP contribution in [-0.2, 0) is 4.79 Å². The van der Waals surface area contributed by atoms with Crippen molar-refractivity contribution in [3.05, 3.63) is 56.4 Å². The van der Waals surface area contributed by atoms with Crippen LogP contribution in [0.2, 0.25) is 5.02 Å². The van der Waals surface area contributed by atoms with Crippen LogP contribution in [0.5, 0.6) is 5.75 Å². The van der Waals surface area contributed by atoms with Crippen LogP contribution in [0.25, 0.3) is 11.0 Å². The van der Waals surface area contributed by atoms with Gasteiger partial charge in [-0.3, -0.25) is 4.79 Å². The van der Waals surface area contributed by atoms with E-state index in [1.807, 2.05) is 0 Å². The summed E-state index contributed by atoms with van der Waals surface area (Å²) in [7, 11) is 0. The first kappa shape index (κ1) is 16.6. The molecule has 0 saturated carbocycles. The number of imidazole rings is 1. The number of anilines is 1. The van der Waals surface area contributed by atoms with E-state index in [1.54, 1.807) is 43.3 Å². The molecule has 3 aromatic rings. The number of fused-ring (bicyclic) bond motifs is 1. The minimum atomic E-state index is -0.719. The molecule has 1 aromatic heterocycles. The van der Waals surface area contributed by atoms with Gasteiger partial charge in [-0.25, -0.2) is 4.79 Å². The van der Waals surface area contributed by atoms with Gasteiger partial charge in [0.2, 0.25) is 0 Å². The van der Waals surface area contributed by atoms with Crippen molar-refractivity contribution in [1.29, 1.82) is 0 Å². The van der Waals surface area contributed by atoms with Crippen LogP contribution in [0.4, 0.5) is 5.69 Å². The van der Waals surface area contributed by atoms with Gasteiger partial charge in [-0.05, 0) is 59.3 Å². The predicted octanol–water partition coefficient (Wildman–Crippen LogP) is 3.68. The standard InChI is InChI=1S/C16H13BrClN3O3/c1-8(24-14-5-2-9(18)6-11(14)17)15(22)19-10-3-4-12-13(7-10)21-16(23)20-12/h2-8H,1H3,(H,19,22)(H2,20,21,23)/t8-/m0/s1. The molecule has 8 heteroatoms. The quantitative estimate of drug-likeness (QED) is 0.613. The summed E-state index contributed by atoms with van der Waals surface area (Å²) < 4.78 is 6.31. The van der Waals surface area contributed by atoms with Crippen LogP contribution in [0.3, 0.4) is 0 Å². The molecule has 1 atom stereocenters. The number of amides is 1.